The Hall–Kier alpha value is -0.670. The zero-order chi connectivity index (χ0) is 9.47. The van der Waals surface area contributed by atoms with Crippen LogP contribution in [0.2, 0.25) is 0 Å². The van der Waals surface area contributed by atoms with E-state index in [-0.39, 0.29) is 11.9 Å². The van der Waals surface area contributed by atoms with E-state index in [4.69, 9.17) is 11.5 Å². The molecular formula is C10H15FN2. The molecule has 2 nitrogen and oxygen atoms in total. The van der Waals surface area contributed by atoms with Crippen molar-refractivity contribution in [1.82, 2.24) is 0 Å². The summed E-state index contributed by atoms with van der Waals surface area (Å²) in [6, 6.07) is -0.239. The molecule has 0 aromatic carbocycles. The summed E-state index contributed by atoms with van der Waals surface area (Å²) in [4.78, 5) is 0. The molecule has 13 heavy (non-hydrogen) atoms. The Morgan fingerprint density at radius 1 is 1.46 bits per heavy atom. The van der Waals surface area contributed by atoms with Gasteiger partial charge in [0.25, 0.3) is 0 Å². The van der Waals surface area contributed by atoms with Crippen molar-refractivity contribution in [3.63, 3.8) is 0 Å². The molecule has 72 valence electrons. The van der Waals surface area contributed by atoms with Gasteiger partial charge in [0.2, 0.25) is 0 Å². The number of hydrogen-bond acceptors (Lipinski definition) is 2. The normalized spacial score (nSPS) is 39.9. The van der Waals surface area contributed by atoms with Crippen molar-refractivity contribution in [2.75, 3.05) is 0 Å². The molecule has 2 aliphatic rings. The first kappa shape index (κ1) is 8.91. The van der Waals surface area contributed by atoms with Gasteiger partial charge in [-0.3, -0.25) is 0 Å². The van der Waals surface area contributed by atoms with E-state index >= 15 is 0 Å². The Labute approximate surface area is 77.5 Å². The standard InChI is InChI=1S/C10H15FN2/c11-8-4-5-9(12)10(13,6-8)7-2-1-3-7/h4-7,9H,1-3,12-13H2. The van der Waals surface area contributed by atoms with Crippen molar-refractivity contribution in [3.05, 3.63) is 24.1 Å². The van der Waals surface area contributed by atoms with Crippen LogP contribution in [0.4, 0.5) is 4.39 Å². The molecule has 0 aromatic heterocycles. The lowest BCUT2D eigenvalue weighted by Gasteiger charge is -2.44. The highest BCUT2D eigenvalue weighted by Crippen LogP contribution is 2.39. The van der Waals surface area contributed by atoms with Crippen LogP contribution in [0.3, 0.4) is 0 Å². The molecule has 0 aromatic rings. The predicted octanol–water partition coefficient (Wildman–Crippen LogP) is 1.23. The van der Waals surface area contributed by atoms with Crippen LogP contribution in [-0.2, 0) is 0 Å². The van der Waals surface area contributed by atoms with E-state index in [1.165, 1.54) is 18.6 Å². The number of rotatable bonds is 1. The quantitative estimate of drug-likeness (QED) is 0.641. The second-order valence-electron chi connectivity index (χ2n) is 4.04. The first-order chi connectivity index (χ1) is 6.13. The molecule has 0 amide bonds. The van der Waals surface area contributed by atoms with Crippen molar-refractivity contribution < 1.29 is 4.39 Å². The average Bonchev–Trinajstić information content (AvgIpc) is 1.93. The maximum atomic E-state index is 13.0. The zero-order valence-corrected chi connectivity index (χ0v) is 7.54. The summed E-state index contributed by atoms with van der Waals surface area (Å²) < 4.78 is 13.0. The summed E-state index contributed by atoms with van der Waals surface area (Å²) in [7, 11) is 0. The van der Waals surface area contributed by atoms with Crippen molar-refractivity contribution in [3.8, 4) is 0 Å². The molecule has 2 aliphatic carbocycles. The average molecular weight is 182 g/mol. The molecule has 0 saturated heterocycles. The number of halogens is 1. The van der Waals surface area contributed by atoms with E-state index in [9.17, 15) is 4.39 Å². The topological polar surface area (TPSA) is 52.0 Å². The second-order valence-corrected chi connectivity index (χ2v) is 4.04. The molecule has 2 unspecified atom stereocenters. The third kappa shape index (κ3) is 1.32. The molecule has 1 fully saturated rings. The monoisotopic (exact) mass is 182 g/mol. The van der Waals surface area contributed by atoms with Crippen molar-refractivity contribution in [1.29, 1.82) is 0 Å². The SMILES string of the molecule is NC1C=CC(F)=CC1(N)C1CCC1. The lowest BCUT2D eigenvalue weighted by Crippen LogP contribution is -2.60. The molecule has 0 heterocycles. The number of nitrogens with two attached hydrogens (primary N) is 2. The Morgan fingerprint density at radius 2 is 2.15 bits per heavy atom. The smallest absolute Gasteiger partial charge is 0.120 e. The number of allylic oxidation sites excluding steroid dienone is 2. The Bertz CT molecular complexity index is 268. The minimum absolute atomic E-state index is 0.239. The van der Waals surface area contributed by atoms with E-state index in [0.29, 0.717) is 5.92 Å². The molecular weight excluding hydrogens is 167 g/mol. The van der Waals surface area contributed by atoms with Gasteiger partial charge in [-0.2, -0.15) is 0 Å². The van der Waals surface area contributed by atoms with Gasteiger partial charge in [0.15, 0.2) is 0 Å². The lowest BCUT2D eigenvalue weighted by molar-refractivity contribution is 0.189. The Kier molecular flexibility index (Phi) is 2.00. The highest BCUT2D eigenvalue weighted by atomic mass is 19.1. The summed E-state index contributed by atoms with van der Waals surface area (Å²) in [6.07, 6.45) is 7.88. The summed E-state index contributed by atoms with van der Waals surface area (Å²) >= 11 is 0. The van der Waals surface area contributed by atoms with E-state index in [2.05, 4.69) is 0 Å². The Balaban J connectivity index is 2.23. The van der Waals surface area contributed by atoms with Crippen molar-refractivity contribution in [2.45, 2.75) is 30.8 Å². The van der Waals surface area contributed by atoms with Crippen molar-refractivity contribution >= 4 is 0 Å². The van der Waals surface area contributed by atoms with Gasteiger partial charge in [-0.25, -0.2) is 4.39 Å². The third-order valence-electron chi connectivity index (χ3n) is 3.24. The molecule has 2 atom stereocenters. The highest BCUT2D eigenvalue weighted by Gasteiger charge is 2.42. The van der Waals surface area contributed by atoms with Crippen LogP contribution in [0.15, 0.2) is 24.1 Å². The lowest BCUT2D eigenvalue weighted by atomic mass is 9.66. The van der Waals surface area contributed by atoms with E-state index in [0.717, 1.165) is 12.8 Å². The minimum Gasteiger partial charge on any atom is -0.323 e. The van der Waals surface area contributed by atoms with E-state index in [1.54, 1.807) is 6.08 Å². The third-order valence-corrected chi connectivity index (χ3v) is 3.24. The fourth-order valence-corrected chi connectivity index (χ4v) is 2.04. The van der Waals surface area contributed by atoms with Crippen LogP contribution < -0.4 is 11.5 Å². The summed E-state index contributed by atoms with van der Waals surface area (Å²) in [5.41, 5.74) is 11.3. The van der Waals surface area contributed by atoms with Gasteiger partial charge >= 0.3 is 0 Å². The summed E-state index contributed by atoms with van der Waals surface area (Å²) in [6.45, 7) is 0. The maximum absolute atomic E-state index is 13.0. The predicted molar refractivity (Wildman–Crippen MR) is 50.6 cm³/mol. The van der Waals surface area contributed by atoms with E-state index in [1.807, 2.05) is 0 Å². The molecule has 0 bridgehead atoms. The maximum Gasteiger partial charge on any atom is 0.120 e. The molecule has 0 aliphatic heterocycles. The van der Waals surface area contributed by atoms with Gasteiger partial charge < -0.3 is 11.5 Å². The fraction of sp³-hybridized carbons (Fsp3) is 0.600. The first-order valence-corrected chi connectivity index (χ1v) is 4.74. The van der Waals surface area contributed by atoms with Crippen LogP contribution in [0.5, 0.6) is 0 Å². The highest BCUT2D eigenvalue weighted by molar-refractivity contribution is 5.31. The summed E-state index contributed by atoms with van der Waals surface area (Å²) in [5, 5.41) is 0. The van der Waals surface area contributed by atoms with Crippen molar-refractivity contribution in [2.24, 2.45) is 17.4 Å². The van der Waals surface area contributed by atoms with Crippen LogP contribution in [-0.4, -0.2) is 11.6 Å². The second kappa shape index (κ2) is 2.93. The molecule has 0 radical (unpaired) electrons. The molecule has 0 spiro atoms. The fourth-order valence-electron chi connectivity index (χ4n) is 2.04. The molecule has 4 N–H and O–H groups in total. The van der Waals surface area contributed by atoms with Gasteiger partial charge in [-0.15, -0.1) is 0 Å². The van der Waals surface area contributed by atoms with Gasteiger partial charge in [0, 0.05) is 6.04 Å². The summed E-state index contributed by atoms with van der Waals surface area (Å²) in [5.74, 6) is 0.106. The van der Waals surface area contributed by atoms with E-state index < -0.39 is 5.54 Å². The Morgan fingerprint density at radius 3 is 2.69 bits per heavy atom. The number of hydrogen-bond donors (Lipinski definition) is 2. The molecule has 1 saturated carbocycles. The molecule has 2 rings (SSSR count). The van der Waals surface area contributed by atoms with Crippen LogP contribution in [0.1, 0.15) is 19.3 Å². The minimum atomic E-state index is -0.642. The van der Waals surface area contributed by atoms with Gasteiger partial charge in [0.05, 0.1) is 5.54 Å². The van der Waals surface area contributed by atoms with Gasteiger partial charge in [-0.1, -0.05) is 12.5 Å². The zero-order valence-electron chi connectivity index (χ0n) is 7.54. The van der Waals surface area contributed by atoms with Crippen LogP contribution >= 0.6 is 0 Å². The first-order valence-electron chi connectivity index (χ1n) is 4.74. The van der Waals surface area contributed by atoms with Gasteiger partial charge in [-0.05, 0) is 30.9 Å². The molecule has 3 heteroatoms. The van der Waals surface area contributed by atoms with Crippen LogP contribution in [0.25, 0.3) is 0 Å². The van der Waals surface area contributed by atoms with Gasteiger partial charge in [0.1, 0.15) is 5.83 Å². The van der Waals surface area contributed by atoms with Crippen LogP contribution in [0, 0.1) is 5.92 Å². The largest absolute Gasteiger partial charge is 0.323 e.